The molecule has 3 N–H and O–H groups in total. The molecule has 2 aliphatic rings. The molecular weight excluding hydrogens is 657 g/mol. The first kappa shape index (κ1) is 39.2. The van der Waals surface area contributed by atoms with E-state index in [0.29, 0.717) is 0 Å². The van der Waals surface area contributed by atoms with Crippen molar-refractivity contribution < 1.29 is 29.2 Å². The van der Waals surface area contributed by atoms with E-state index in [0.717, 1.165) is 0 Å². The summed E-state index contributed by atoms with van der Waals surface area (Å²) < 4.78 is 18.6. The van der Waals surface area contributed by atoms with Crippen LogP contribution in [0.2, 0.25) is 5.04 Å². The number of hydrogen-bond donors (Lipinski definition) is 3. The van der Waals surface area contributed by atoms with Crippen LogP contribution in [0, 0.1) is 11.8 Å². The zero-order valence-electron chi connectivity index (χ0n) is 28.0. The van der Waals surface area contributed by atoms with Crippen molar-refractivity contribution in [1.29, 1.82) is 0 Å². The highest BCUT2D eigenvalue weighted by Gasteiger charge is 2.52. The van der Waals surface area contributed by atoms with E-state index in [9.17, 15) is 10.2 Å². The lowest BCUT2D eigenvalue weighted by Crippen LogP contribution is -2.67. The minimum atomic E-state index is -2.75. The normalized spacial score (nSPS) is 31.0. The van der Waals surface area contributed by atoms with E-state index in [4.69, 9.17) is 30.1 Å². The highest BCUT2D eigenvalue weighted by Crippen LogP contribution is 2.39. The Kier molecular flexibility index (Phi) is 15.0. The fourth-order valence-corrected chi connectivity index (χ4v) is 12.7. The molecule has 2 heterocycles. The van der Waals surface area contributed by atoms with Crippen LogP contribution in [0.4, 0.5) is 0 Å². The topological polar surface area (TPSA) is 186 Å². The molecule has 2 aliphatic heterocycles. The lowest BCUT2D eigenvalue weighted by molar-refractivity contribution is -0.135. The second-order valence-electron chi connectivity index (χ2n) is 12.8. The second kappa shape index (κ2) is 17.9. The van der Waals surface area contributed by atoms with Gasteiger partial charge in [0, 0.05) is 21.7 Å². The molecule has 0 saturated carbocycles. The van der Waals surface area contributed by atoms with Gasteiger partial charge in [-0.15, -0.1) is 23.5 Å². The van der Waals surface area contributed by atoms with E-state index in [-0.39, 0.29) is 41.0 Å². The lowest BCUT2D eigenvalue weighted by Gasteiger charge is -2.46. The van der Waals surface area contributed by atoms with Crippen molar-refractivity contribution in [1.82, 2.24) is 0 Å². The minimum Gasteiger partial charge on any atom is -0.405 e. The minimum absolute atomic E-state index is 0.0753. The van der Waals surface area contributed by atoms with Gasteiger partial charge in [0.1, 0.15) is 23.1 Å². The molecule has 0 bridgehead atoms. The number of nitrogens with zero attached hydrogens (tertiary/aromatic N) is 6. The van der Waals surface area contributed by atoms with E-state index < -0.39 is 44.8 Å². The fraction of sp³-hybridized carbons (Fsp3) is 0.625. The molecular formula is C32H48N6O6S2Si. The summed E-state index contributed by atoms with van der Waals surface area (Å²) in [7, 11) is -2.75. The molecule has 10 atom stereocenters. The van der Waals surface area contributed by atoms with E-state index in [1.165, 1.54) is 22.1 Å². The smallest absolute Gasteiger partial charge is 0.261 e. The second-order valence-corrected chi connectivity index (χ2v) is 19.0. The zero-order chi connectivity index (χ0) is 34.8. The van der Waals surface area contributed by atoms with Crippen LogP contribution in [0.15, 0.2) is 70.9 Å². The van der Waals surface area contributed by atoms with Gasteiger partial charge < -0.3 is 29.2 Å². The van der Waals surface area contributed by atoms with Crippen molar-refractivity contribution in [3.63, 3.8) is 0 Å². The average Bonchev–Trinajstić information content (AvgIpc) is 3.07. The van der Waals surface area contributed by atoms with Crippen LogP contribution >= 0.6 is 23.5 Å². The summed E-state index contributed by atoms with van der Waals surface area (Å²) >= 11 is 3.04. The molecule has 0 aromatic heterocycles. The van der Waals surface area contributed by atoms with Crippen molar-refractivity contribution in [2.24, 2.45) is 22.1 Å². The number of ether oxygens (including phenoxy) is 2. The third-order valence-corrected chi connectivity index (χ3v) is 15.9. The van der Waals surface area contributed by atoms with Gasteiger partial charge >= 0.3 is 0 Å². The summed E-state index contributed by atoms with van der Waals surface area (Å²) in [5.41, 5.74) is 17.1. The fourth-order valence-electron chi connectivity index (χ4n) is 6.40. The molecule has 12 nitrogen and oxygen atoms in total. The van der Waals surface area contributed by atoms with Gasteiger partial charge in [-0.1, -0.05) is 106 Å². The predicted octanol–water partition coefficient (Wildman–Crippen LogP) is 5.07. The SMILES string of the molecule is CS[C@@H]1OC(CO)[C@H](O)[C@H](N=[N+]=[N-])C1C.CS[C@@H]1OC(CO[Si](c2ccccc2)(c2ccccc2)C(C)(C)C)[C@H](O)[C@H](N=[N+]=[N-])C1C. The molecule has 2 saturated heterocycles. The molecule has 2 fully saturated rings. The molecule has 4 unspecified atom stereocenters. The van der Waals surface area contributed by atoms with Crippen molar-refractivity contribution >= 4 is 42.2 Å². The molecule has 2 aromatic carbocycles. The first-order valence-electron chi connectivity index (χ1n) is 15.6. The Morgan fingerprint density at radius 1 is 0.787 bits per heavy atom. The maximum Gasteiger partial charge on any atom is 0.261 e. The molecule has 2 aromatic rings. The van der Waals surface area contributed by atoms with Crippen LogP contribution in [-0.2, 0) is 13.9 Å². The average molecular weight is 705 g/mol. The number of thioether (sulfide) groups is 2. The van der Waals surface area contributed by atoms with E-state index in [1.807, 2.05) is 62.8 Å². The van der Waals surface area contributed by atoms with Gasteiger partial charge in [-0.05, 0) is 39.0 Å². The van der Waals surface area contributed by atoms with Crippen molar-refractivity contribution in [2.75, 3.05) is 25.7 Å². The van der Waals surface area contributed by atoms with Crippen LogP contribution in [0.5, 0.6) is 0 Å². The third kappa shape index (κ3) is 8.86. The number of azide groups is 2. The van der Waals surface area contributed by atoms with Gasteiger partial charge in [0.2, 0.25) is 0 Å². The van der Waals surface area contributed by atoms with Crippen molar-refractivity contribution in [3.05, 3.63) is 81.5 Å². The van der Waals surface area contributed by atoms with E-state index >= 15 is 0 Å². The Balaban J connectivity index is 0.000000335. The van der Waals surface area contributed by atoms with Crippen LogP contribution in [-0.4, -0.2) is 96.7 Å². The first-order chi connectivity index (χ1) is 22.4. The highest BCUT2D eigenvalue weighted by atomic mass is 32.2. The standard InChI is InChI=1S/C24H33N3O3SSi.C8H15N3O3S/c1-17-21(26-27-25)22(28)20(30-23(17)31-5)16-29-32(24(2,3)4,18-12-8-6-9-13-18)19-14-10-7-11-15-19;1-4-6(10-11-9)7(13)5(3-12)14-8(4)15-2/h6-15,17,20-23,28H,16H2,1-5H3;4-8,12-13H,3H2,1-2H3/t17?,20?,21-,22+,23+;4?,5?,6-,7+,8+/m11/s1. The molecule has 15 heteroatoms. The lowest BCUT2D eigenvalue weighted by atomic mass is 9.92. The van der Waals surface area contributed by atoms with Gasteiger partial charge in [-0.3, -0.25) is 0 Å². The summed E-state index contributed by atoms with van der Waals surface area (Å²) in [6.07, 6.45) is 0.716. The van der Waals surface area contributed by atoms with Crippen LogP contribution < -0.4 is 10.4 Å². The Hall–Kier alpha value is -2.26. The Morgan fingerprint density at radius 2 is 1.19 bits per heavy atom. The molecule has 4 rings (SSSR count). The summed E-state index contributed by atoms with van der Waals surface area (Å²) in [5.74, 6) is -0.172. The molecule has 0 radical (unpaired) electrons. The van der Waals surface area contributed by atoms with Crippen LogP contribution in [0.1, 0.15) is 34.6 Å². The van der Waals surface area contributed by atoms with E-state index in [2.05, 4.69) is 65.1 Å². The summed E-state index contributed by atoms with van der Waals surface area (Å²) in [4.78, 5) is 5.69. The largest absolute Gasteiger partial charge is 0.405 e. The Bertz CT molecular complexity index is 1290. The molecule has 47 heavy (non-hydrogen) atoms. The maximum atomic E-state index is 11.0. The van der Waals surface area contributed by atoms with Gasteiger partial charge in [-0.2, -0.15) is 0 Å². The van der Waals surface area contributed by atoms with Crippen molar-refractivity contribution in [3.8, 4) is 0 Å². The number of aliphatic hydroxyl groups excluding tert-OH is 3. The molecule has 0 amide bonds. The number of aliphatic hydroxyl groups is 3. The van der Waals surface area contributed by atoms with E-state index in [1.54, 1.807) is 11.8 Å². The number of rotatable bonds is 10. The number of hydrogen-bond acceptors (Lipinski definition) is 10. The van der Waals surface area contributed by atoms with Crippen molar-refractivity contribution in [2.45, 2.75) is 87.0 Å². The van der Waals surface area contributed by atoms with Crippen LogP contribution in [0.3, 0.4) is 0 Å². The van der Waals surface area contributed by atoms with Gasteiger partial charge in [0.25, 0.3) is 8.32 Å². The zero-order valence-corrected chi connectivity index (χ0v) is 30.7. The molecule has 0 spiro atoms. The van der Waals surface area contributed by atoms with Gasteiger partial charge in [0.05, 0.1) is 37.5 Å². The number of benzene rings is 2. The van der Waals surface area contributed by atoms with Gasteiger partial charge in [-0.25, -0.2) is 0 Å². The van der Waals surface area contributed by atoms with Gasteiger partial charge in [0.15, 0.2) is 0 Å². The summed E-state index contributed by atoms with van der Waals surface area (Å²) in [6, 6.07) is 19.7. The quantitative estimate of drug-likeness (QED) is 0.132. The van der Waals surface area contributed by atoms with Crippen LogP contribution in [0.25, 0.3) is 20.9 Å². The predicted molar refractivity (Wildman–Crippen MR) is 191 cm³/mol. The maximum absolute atomic E-state index is 11.0. The Morgan fingerprint density at radius 3 is 1.55 bits per heavy atom. The molecule has 0 aliphatic carbocycles. The molecule has 258 valence electrons. The third-order valence-electron chi connectivity index (χ3n) is 8.91. The summed E-state index contributed by atoms with van der Waals surface area (Å²) in [5, 5.41) is 39.5. The summed E-state index contributed by atoms with van der Waals surface area (Å²) in [6.45, 7) is 10.4. The highest BCUT2D eigenvalue weighted by molar-refractivity contribution is 7.99. The monoisotopic (exact) mass is 704 g/mol. The first-order valence-corrected chi connectivity index (χ1v) is 20.1. The Labute approximate surface area is 287 Å².